The van der Waals surface area contributed by atoms with Crippen molar-refractivity contribution < 1.29 is 28.7 Å². The highest BCUT2D eigenvalue weighted by Gasteiger charge is 2.67. The third-order valence-electron chi connectivity index (χ3n) is 10.6. The van der Waals surface area contributed by atoms with E-state index in [9.17, 15) is 28.7 Å². The molecule has 0 aromatic heterocycles. The molecule has 2 aromatic carbocycles. The maximum atomic E-state index is 14.4. The molecule has 9 heteroatoms. The number of carbonyl (C=O) groups excluding carboxylic acids is 4. The molecule has 7 nitrogen and oxygen atoms in total. The number of allylic oxidation sites excluding steroid dienone is 2. The number of aromatic hydroxyl groups is 1. The summed E-state index contributed by atoms with van der Waals surface area (Å²) in [6.07, 6.45) is 7.35. The molecule has 4 fully saturated rings. The molecule has 1 N–H and O–H groups in total. The molecule has 7 rings (SSSR count). The molecular weight excluding hydrogens is 559 g/mol. The zero-order chi connectivity index (χ0) is 29.5. The summed E-state index contributed by atoms with van der Waals surface area (Å²) in [4.78, 5) is 58.9. The smallest absolute Gasteiger partial charge is 0.241 e. The van der Waals surface area contributed by atoms with Crippen molar-refractivity contribution in [3.05, 3.63) is 70.5 Å². The topological polar surface area (TPSA) is 95.0 Å². The number of anilines is 1. The standard InChI is InChI=1S/C33H32ClFN2O5/c1-33-24(30(40)37(32(33)42)19-10-13-26(35)25(34)15-19)16-23-21(28(33)17-6-5-9-20(38)14-17)11-12-22-27(23)31(41)36(29(22)39)18-7-3-2-4-8-18/h5-6,9-11,13-15,18,22-24,27-28,38H,2-4,7-8,12,16H2,1H3/t22-,23+,24-,27-,28-,33+/m0/s1. The predicted molar refractivity (Wildman–Crippen MR) is 153 cm³/mol. The second-order valence-electron chi connectivity index (χ2n) is 12.7. The number of amides is 4. The van der Waals surface area contributed by atoms with Gasteiger partial charge in [0.1, 0.15) is 11.6 Å². The molecule has 2 saturated heterocycles. The molecule has 3 aliphatic carbocycles. The maximum Gasteiger partial charge on any atom is 0.241 e. The third-order valence-corrected chi connectivity index (χ3v) is 10.9. The summed E-state index contributed by atoms with van der Waals surface area (Å²) in [7, 11) is 0. The first-order chi connectivity index (χ1) is 20.1. The van der Waals surface area contributed by atoms with Crippen LogP contribution in [0.5, 0.6) is 5.75 Å². The number of phenols is 1. The van der Waals surface area contributed by atoms with Crippen LogP contribution in [0.15, 0.2) is 54.1 Å². The molecule has 5 aliphatic rings. The van der Waals surface area contributed by atoms with Crippen LogP contribution in [0.3, 0.4) is 0 Å². The van der Waals surface area contributed by atoms with Crippen molar-refractivity contribution in [1.29, 1.82) is 0 Å². The molecule has 0 bridgehead atoms. The Morgan fingerprint density at radius 2 is 1.71 bits per heavy atom. The Hall–Kier alpha value is -3.52. The van der Waals surface area contributed by atoms with Crippen molar-refractivity contribution in [2.24, 2.45) is 29.1 Å². The maximum absolute atomic E-state index is 14.4. The first-order valence-corrected chi connectivity index (χ1v) is 15.2. The largest absolute Gasteiger partial charge is 0.508 e. The van der Waals surface area contributed by atoms with Crippen LogP contribution in [0.1, 0.15) is 63.4 Å². The number of hydrogen-bond acceptors (Lipinski definition) is 5. The second kappa shape index (κ2) is 9.76. The normalized spacial score (nSPS) is 33.0. The Balaban J connectivity index is 1.34. The van der Waals surface area contributed by atoms with E-state index in [1.54, 1.807) is 25.1 Å². The van der Waals surface area contributed by atoms with Gasteiger partial charge < -0.3 is 5.11 Å². The molecule has 2 saturated carbocycles. The quantitative estimate of drug-likeness (QED) is 0.363. The van der Waals surface area contributed by atoms with Gasteiger partial charge in [0, 0.05) is 12.0 Å². The molecule has 2 aliphatic heterocycles. The van der Waals surface area contributed by atoms with Crippen LogP contribution in [0.4, 0.5) is 10.1 Å². The lowest BCUT2D eigenvalue weighted by atomic mass is 9.51. The SMILES string of the molecule is C[C@@]12C(=O)N(c3ccc(F)c(Cl)c3)C(=O)[C@@H]1C[C@@H]1C(=CC[C@@H]3C(=O)N(C4CCCCC4)C(=O)[C@@H]31)[C@@H]2c1cccc(O)c1. The van der Waals surface area contributed by atoms with Crippen LogP contribution in [0, 0.1) is 34.9 Å². The van der Waals surface area contributed by atoms with Crippen LogP contribution in [-0.4, -0.2) is 39.7 Å². The minimum absolute atomic E-state index is 0.0265. The molecule has 6 atom stereocenters. The molecule has 2 aromatic rings. The fraction of sp³-hybridized carbons (Fsp3) is 0.455. The molecule has 4 amide bonds. The third kappa shape index (κ3) is 3.76. The van der Waals surface area contributed by atoms with Crippen LogP contribution in [-0.2, 0) is 19.2 Å². The van der Waals surface area contributed by atoms with E-state index < -0.39 is 52.6 Å². The van der Waals surface area contributed by atoms with E-state index in [0.717, 1.165) is 48.6 Å². The fourth-order valence-corrected chi connectivity index (χ4v) is 8.87. The van der Waals surface area contributed by atoms with Crippen molar-refractivity contribution in [1.82, 2.24) is 4.90 Å². The van der Waals surface area contributed by atoms with E-state index in [2.05, 4.69) is 0 Å². The molecule has 2 heterocycles. The summed E-state index contributed by atoms with van der Waals surface area (Å²) in [5.74, 6) is -4.68. The number of phenolic OH excluding ortho intramolecular Hbond substituents is 1. The lowest BCUT2D eigenvalue weighted by molar-refractivity contribution is -0.144. The fourth-order valence-electron chi connectivity index (χ4n) is 8.69. The van der Waals surface area contributed by atoms with Gasteiger partial charge >= 0.3 is 0 Å². The number of benzene rings is 2. The van der Waals surface area contributed by atoms with Crippen LogP contribution < -0.4 is 4.90 Å². The van der Waals surface area contributed by atoms with E-state index in [4.69, 9.17) is 11.6 Å². The van der Waals surface area contributed by atoms with Gasteiger partial charge in [-0.25, -0.2) is 9.29 Å². The van der Waals surface area contributed by atoms with Gasteiger partial charge in [-0.1, -0.05) is 54.6 Å². The molecule has 218 valence electrons. The first-order valence-electron chi connectivity index (χ1n) is 14.8. The number of fused-ring (bicyclic) bond motifs is 4. The Kier molecular flexibility index (Phi) is 6.35. The number of imide groups is 2. The van der Waals surface area contributed by atoms with Crippen molar-refractivity contribution in [3.8, 4) is 5.75 Å². The zero-order valence-electron chi connectivity index (χ0n) is 23.3. The summed E-state index contributed by atoms with van der Waals surface area (Å²) >= 11 is 6.05. The highest BCUT2D eigenvalue weighted by molar-refractivity contribution is 6.31. The van der Waals surface area contributed by atoms with E-state index in [-0.39, 0.29) is 40.7 Å². The highest BCUT2D eigenvalue weighted by Crippen LogP contribution is 2.64. The van der Waals surface area contributed by atoms with Crippen LogP contribution >= 0.6 is 11.6 Å². The number of carbonyl (C=O) groups is 4. The summed E-state index contributed by atoms with van der Waals surface area (Å²) in [5, 5.41) is 10.2. The monoisotopic (exact) mass is 590 g/mol. The number of hydrogen-bond donors (Lipinski definition) is 1. The number of rotatable bonds is 3. The lowest BCUT2D eigenvalue weighted by Crippen LogP contribution is -2.49. The predicted octanol–water partition coefficient (Wildman–Crippen LogP) is 5.75. The van der Waals surface area contributed by atoms with Crippen molar-refractivity contribution >= 4 is 40.9 Å². The highest BCUT2D eigenvalue weighted by atomic mass is 35.5. The van der Waals surface area contributed by atoms with Gasteiger partial charge in [0.05, 0.1) is 33.9 Å². The van der Waals surface area contributed by atoms with Gasteiger partial charge in [-0.15, -0.1) is 0 Å². The van der Waals surface area contributed by atoms with Crippen LogP contribution in [0.2, 0.25) is 5.02 Å². The van der Waals surface area contributed by atoms with Crippen LogP contribution in [0.25, 0.3) is 0 Å². The first kappa shape index (κ1) is 27.3. The Morgan fingerprint density at radius 1 is 0.952 bits per heavy atom. The van der Waals surface area contributed by atoms with Gasteiger partial charge in [0.15, 0.2) is 0 Å². The Labute approximate surface area is 248 Å². The van der Waals surface area contributed by atoms with Gasteiger partial charge in [-0.2, -0.15) is 0 Å². The van der Waals surface area contributed by atoms with Crippen molar-refractivity contribution in [3.63, 3.8) is 0 Å². The molecule has 42 heavy (non-hydrogen) atoms. The summed E-state index contributed by atoms with van der Waals surface area (Å²) in [6, 6.07) is 10.4. The summed E-state index contributed by atoms with van der Waals surface area (Å²) < 4.78 is 14.0. The summed E-state index contributed by atoms with van der Waals surface area (Å²) in [5.41, 5.74) is 0.479. The summed E-state index contributed by atoms with van der Waals surface area (Å²) in [6.45, 7) is 1.77. The second-order valence-corrected chi connectivity index (χ2v) is 13.1. The van der Waals surface area contributed by atoms with E-state index in [1.165, 1.54) is 17.0 Å². The number of nitrogens with zero attached hydrogens (tertiary/aromatic N) is 2. The van der Waals surface area contributed by atoms with Gasteiger partial charge in [-0.3, -0.25) is 24.1 Å². The Bertz CT molecular complexity index is 1570. The zero-order valence-corrected chi connectivity index (χ0v) is 24.0. The number of halogens is 2. The molecular formula is C33H32ClFN2O5. The molecule has 0 radical (unpaired) electrons. The van der Waals surface area contributed by atoms with E-state index >= 15 is 0 Å². The van der Waals surface area contributed by atoms with E-state index in [1.807, 2.05) is 12.1 Å². The van der Waals surface area contributed by atoms with E-state index in [0.29, 0.717) is 12.0 Å². The molecule has 0 spiro atoms. The molecule has 0 unspecified atom stereocenters. The van der Waals surface area contributed by atoms with Gasteiger partial charge in [-0.05, 0) is 74.4 Å². The average molecular weight is 591 g/mol. The van der Waals surface area contributed by atoms with Crippen molar-refractivity contribution in [2.75, 3.05) is 4.90 Å². The minimum Gasteiger partial charge on any atom is -0.508 e. The Morgan fingerprint density at radius 3 is 2.43 bits per heavy atom. The van der Waals surface area contributed by atoms with Gasteiger partial charge in [0.25, 0.3) is 0 Å². The minimum atomic E-state index is -1.24. The lowest BCUT2D eigenvalue weighted by Gasteiger charge is -2.49. The average Bonchev–Trinajstić information content (AvgIpc) is 3.34. The van der Waals surface area contributed by atoms with Crippen molar-refractivity contribution in [2.45, 2.75) is 63.8 Å². The number of likely N-dealkylation sites (tertiary alicyclic amines) is 1. The van der Waals surface area contributed by atoms with Gasteiger partial charge in [0.2, 0.25) is 23.6 Å².